The summed E-state index contributed by atoms with van der Waals surface area (Å²) in [7, 11) is 3.21. The lowest BCUT2D eigenvalue weighted by Crippen LogP contribution is -1.95. The molecule has 0 heterocycles. The highest BCUT2D eigenvalue weighted by molar-refractivity contribution is 5.43. The third-order valence-electron chi connectivity index (χ3n) is 3.11. The number of rotatable bonds is 5. The Bertz CT molecular complexity index is 573. The van der Waals surface area contributed by atoms with Crippen LogP contribution < -0.4 is 9.47 Å². The molecular weight excluding hydrogens is 256 g/mol. The summed E-state index contributed by atoms with van der Waals surface area (Å²) in [6.07, 6.45) is 1.50. The van der Waals surface area contributed by atoms with Gasteiger partial charge in [-0.15, -0.1) is 0 Å². The number of aromatic hydroxyl groups is 2. The molecule has 0 aliphatic carbocycles. The summed E-state index contributed by atoms with van der Waals surface area (Å²) in [4.78, 5) is 0. The minimum absolute atomic E-state index is 0.0762. The summed E-state index contributed by atoms with van der Waals surface area (Å²) >= 11 is 0. The fourth-order valence-electron chi connectivity index (χ4n) is 2.13. The second-order valence-corrected chi connectivity index (χ2v) is 4.55. The molecule has 0 aliphatic rings. The SMILES string of the molecule is COc1ccc(CCc2cc(O)cc(O)c2)cc1OC. The Morgan fingerprint density at radius 3 is 1.95 bits per heavy atom. The maximum absolute atomic E-state index is 9.45. The van der Waals surface area contributed by atoms with Crippen LogP contribution in [0.3, 0.4) is 0 Å². The third-order valence-corrected chi connectivity index (χ3v) is 3.11. The summed E-state index contributed by atoms with van der Waals surface area (Å²) in [5.74, 6) is 1.55. The first-order valence-corrected chi connectivity index (χ1v) is 6.35. The van der Waals surface area contributed by atoms with Crippen LogP contribution >= 0.6 is 0 Å². The summed E-state index contributed by atoms with van der Waals surface area (Å²) in [6, 6.07) is 10.4. The molecule has 2 aromatic carbocycles. The van der Waals surface area contributed by atoms with Gasteiger partial charge in [0, 0.05) is 6.07 Å². The summed E-state index contributed by atoms with van der Waals surface area (Å²) in [5, 5.41) is 18.9. The standard InChI is InChI=1S/C16H18O4/c1-19-15-6-5-11(9-16(15)20-2)3-4-12-7-13(17)10-14(18)8-12/h5-10,17-18H,3-4H2,1-2H3. The first kappa shape index (κ1) is 14.1. The predicted molar refractivity (Wildman–Crippen MR) is 76.7 cm³/mol. The van der Waals surface area contributed by atoms with Gasteiger partial charge in [-0.05, 0) is 48.2 Å². The summed E-state index contributed by atoms with van der Waals surface area (Å²) in [5.41, 5.74) is 1.99. The van der Waals surface area contributed by atoms with Crippen molar-refractivity contribution in [3.63, 3.8) is 0 Å². The molecule has 0 saturated carbocycles. The zero-order chi connectivity index (χ0) is 14.5. The van der Waals surface area contributed by atoms with Crippen LogP contribution in [0.15, 0.2) is 36.4 Å². The second kappa shape index (κ2) is 6.19. The first-order chi connectivity index (χ1) is 9.62. The molecule has 0 radical (unpaired) electrons. The molecule has 2 aromatic rings. The van der Waals surface area contributed by atoms with Crippen molar-refractivity contribution in [2.75, 3.05) is 14.2 Å². The quantitative estimate of drug-likeness (QED) is 0.880. The van der Waals surface area contributed by atoms with E-state index in [1.807, 2.05) is 18.2 Å². The predicted octanol–water partition coefficient (Wildman–Crippen LogP) is 2.90. The number of benzene rings is 2. The number of methoxy groups -OCH3 is 2. The van der Waals surface area contributed by atoms with Crippen LogP contribution in [-0.4, -0.2) is 24.4 Å². The van der Waals surface area contributed by atoms with Gasteiger partial charge >= 0.3 is 0 Å². The topological polar surface area (TPSA) is 58.9 Å². The van der Waals surface area contributed by atoms with Crippen molar-refractivity contribution in [3.05, 3.63) is 47.5 Å². The van der Waals surface area contributed by atoms with E-state index in [1.165, 1.54) is 6.07 Å². The lowest BCUT2D eigenvalue weighted by atomic mass is 10.0. The Hall–Kier alpha value is -2.36. The van der Waals surface area contributed by atoms with E-state index < -0.39 is 0 Å². The maximum Gasteiger partial charge on any atom is 0.160 e. The molecule has 2 rings (SSSR count). The maximum atomic E-state index is 9.45. The number of hydrogen-bond donors (Lipinski definition) is 2. The molecule has 0 amide bonds. The van der Waals surface area contributed by atoms with Gasteiger partial charge in [-0.2, -0.15) is 0 Å². The van der Waals surface area contributed by atoms with Gasteiger partial charge < -0.3 is 19.7 Å². The molecular formula is C16H18O4. The van der Waals surface area contributed by atoms with Crippen LogP contribution in [0.4, 0.5) is 0 Å². The average molecular weight is 274 g/mol. The van der Waals surface area contributed by atoms with Crippen molar-refractivity contribution in [2.45, 2.75) is 12.8 Å². The van der Waals surface area contributed by atoms with Crippen LogP contribution in [-0.2, 0) is 12.8 Å². The van der Waals surface area contributed by atoms with E-state index in [0.717, 1.165) is 24.0 Å². The number of phenols is 2. The van der Waals surface area contributed by atoms with E-state index >= 15 is 0 Å². The number of aryl methyl sites for hydroxylation is 2. The van der Waals surface area contributed by atoms with Gasteiger partial charge in [0.2, 0.25) is 0 Å². The van der Waals surface area contributed by atoms with Gasteiger partial charge in [0.25, 0.3) is 0 Å². The largest absolute Gasteiger partial charge is 0.508 e. The Morgan fingerprint density at radius 1 is 0.750 bits per heavy atom. The fourth-order valence-corrected chi connectivity index (χ4v) is 2.13. The van der Waals surface area contributed by atoms with Crippen molar-refractivity contribution in [1.82, 2.24) is 0 Å². The highest BCUT2D eigenvalue weighted by Crippen LogP contribution is 2.28. The molecule has 4 heteroatoms. The van der Waals surface area contributed by atoms with Crippen molar-refractivity contribution >= 4 is 0 Å². The normalized spacial score (nSPS) is 10.3. The molecule has 2 N–H and O–H groups in total. The van der Waals surface area contributed by atoms with Crippen LogP contribution in [0, 0.1) is 0 Å². The fraction of sp³-hybridized carbons (Fsp3) is 0.250. The molecule has 0 aromatic heterocycles. The lowest BCUT2D eigenvalue weighted by molar-refractivity contribution is 0.354. The van der Waals surface area contributed by atoms with Crippen molar-refractivity contribution in [1.29, 1.82) is 0 Å². The third kappa shape index (κ3) is 3.35. The van der Waals surface area contributed by atoms with Gasteiger partial charge in [0.15, 0.2) is 11.5 Å². The van der Waals surface area contributed by atoms with E-state index in [1.54, 1.807) is 26.4 Å². The van der Waals surface area contributed by atoms with Crippen molar-refractivity contribution in [2.24, 2.45) is 0 Å². The van der Waals surface area contributed by atoms with E-state index in [0.29, 0.717) is 11.5 Å². The van der Waals surface area contributed by atoms with Crippen molar-refractivity contribution < 1.29 is 19.7 Å². The number of hydrogen-bond acceptors (Lipinski definition) is 4. The van der Waals surface area contributed by atoms with Gasteiger partial charge in [-0.3, -0.25) is 0 Å². The van der Waals surface area contributed by atoms with Crippen LogP contribution in [0.2, 0.25) is 0 Å². The Balaban J connectivity index is 2.10. The molecule has 0 unspecified atom stereocenters. The average Bonchev–Trinajstić information content (AvgIpc) is 2.43. The molecule has 20 heavy (non-hydrogen) atoms. The van der Waals surface area contributed by atoms with Gasteiger partial charge in [0.1, 0.15) is 11.5 Å². The number of phenolic OH excluding ortho intramolecular Hbond substituents is 2. The smallest absolute Gasteiger partial charge is 0.160 e. The highest BCUT2D eigenvalue weighted by Gasteiger charge is 2.05. The minimum atomic E-state index is 0.0762. The number of ether oxygens (including phenoxy) is 2. The molecule has 0 spiro atoms. The van der Waals surface area contributed by atoms with Crippen LogP contribution in [0.5, 0.6) is 23.0 Å². The molecule has 0 bridgehead atoms. The van der Waals surface area contributed by atoms with Gasteiger partial charge in [-0.25, -0.2) is 0 Å². The Labute approximate surface area is 118 Å². The van der Waals surface area contributed by atoms with E-state index in [2.05, 4.69) is 0 Å². The van der Waals surface area contributed by atoms with E-state index in [-0.39, 0.29) is 11.5 Å². The van der Waals surface area contributed by atoms with Gasteiger partial charge in [0.05, 0.1) is 14.2 Å². The van der Waals surface area contributed by atoms with E-state index in [9.17, 15) is 10.2 Å². The summed E-state index contributed by atoms with van der Waals surface area (Å²) in [6.45, 7) is 0. The molecule has 106 valence electrons. The lowest BCUT2D eigenvalue weighted by Gasteiger charge is -2.10. The molecule has 0 saturated heterocycles. The molecule has 0 aliphatic heterocycles. The monoisotopic (exact) mass is 274 g/mol. The zero-order valence-electron chi connectivity index (χ0n) is 11.6. The van der Waals surface area contributed by atoms with Crippen LogP contribution in [0.25, 0.3) is 0 Å². The van der Waals surface area contributed by atoms with Crippen molar-refractivity contribution in [3.8, 4) is 23.0 Å². The first-order valence-electron chi connectivity index (χ1n) is 6.35. The Kier molecular flexibility index (Phi) is 4.35. The Morgan fingerprint density at radius 2 is 1.35 bits per heavy atom. The van der Waals surface area contributed by atoms with Gasteiger partial charge in [-0.1, -0.05) is 6.07 Å². The molecule has 0 atom stereocenters. The molecule has 0 fully saturated rings. The van der Waals surface area contributed by atoms with Crippen LogP contribution in [0.1, 0.15) is 11.1 Å². The second-order valence-electron chi connectivity index (χ2n) is 4.55. The zero-order valence-corrected chi connectivity index (χ0v) is 11.6. The highest BCUT2D eigenvalue weighted by atomic mass is 16.5. The molecule has 4 nitrogen and oxygen atoms in total. The van der Waals surface area contributed by atoms with E-state index in [4.69, 9.17) is 9.47 Å². The summed E-state index contributed by atoms with van der Waals surface area (Å²) < 4.78 is 10.5. The minimum Gasteiger partial charge on any atom is -0.508 e.